The zero-order valence-corrected chi connectivity index (χ0v) is 10.5. The van der Waals surface area contributed by atoms with Crippen LogP contribution < -0.4 is 4.74 Å². The van der Waals surface area contributed by atoms with Gasteiger partial charge in [0.15, 0.2) is 5.78 Å². The molecule has 0 N–H and O–H groups in total. The van der Waals surface area contributed by atoms with Crippen LogP contribution in [0.25, 0.3) is 0 Å². The van der Waals surface area contributed by atoms with E-state index < -0.39 is 34.6 Å². The zero-order chi connectivity index (χ0) is 15.7. The summed E-state index contributed by atoms with van der Waals surface area (Å²) in [6.45, 7) is 0. The molecule has 0 heterocycles. The summed E-state index contributed by atoms with van der Waals surface area (Å²) in [7, 11) is 1.22. The molecule has 0 radical (unpaired) electrons. The molecular formula is C11H7ClF6O2. The van der Waals surface area contributed by atoms with Crippen LogP contribution in [0.15, 0.2) is 18.2 Å². The number of ketones is 1. The summed E-state index contributed by atoms with van der Waals surface area (Å²) >= 11 is 5.51. The summed E-state index contributed by atoms with van der Waals surface area (Å²) in [6.07, 6.45) is -11.5. The van der Waals surface area contributed by atoms with E-state index in [4.69, 9.17) is 11.6 Å². The standard InChI is InChI=1S/C11H7ClF6O2/c1-20-5-2-3-6(7(12)4-5)8(19)9(10(13,14)15)11(16,17)18/h2-4,9H,1H3. The number of hydrogen-bond acceptors (Lipinski definition) is 2. The van der Waals surface area contributed by atoms with Crippen LogP contribution in [0, 0.1) is 5.92 Å². The molecule has 0 unspecified atom stereocenters. The van der Waals surface area contributed by atoms with Gasteiger partial charge in [0.25, 0.3) is 0 Å². The molecule has 1 aromatic rings. The lowest BCUT2D eigenvalue weighted by atomic mass is 9.96. The predicted molar refractivity (Wildman–Crippen MR) is 57.9 cm³/mol. The van der Waals surface area contributed by atoms with Crippen molar-refractivity contribution < 1.29 is 35.9 Å². The smallest absolute Gasteiger partial charge is 0.407 e. The van der Waals surface area contributed by atoms with E-state index in [0.29, 0.717) is 0 Å². The van der Waals surface area contributed by atoms with E-state index in [-0.39, 0.29) is 5.75 Å². The van der Waals surface area contributed by atoms with Crippen LogP contribution in [0.4, 0.5) is 26.3 Å². The number of Topliss-reactive ketones (excluding diaryl/α,β-unsaturated/α-hetero) is 1. The Morgan fingerprint density at radius 1 is 1.15 bits per heavy atom. The minimum absolute atomic E-state index is 0.0992. The van der Waals surface area contributed by atoms with Crippen molar-refractivity contribution >= 4 is 17.4 Å². The molecule has 0 spiro atoms. The molecule has 0 atom stereocenters. The molecule has 1 rings (SSSR count). The molecule has 112 valence electrons. The van der Waals surface area contributed by atoms with Crippen molar-refractivity contribution in [1.29, 1.82) is 0 Å². The normalized spacial score (nSPS) is 12.7. The van der Waals surface area contributed by atoms with Gasteiger partial charge < -0.3 is 4.74 Å². The van der Waals surface area contributed by atoms with Crippen LogP contribution in [-0.2, 0) is 0 Å². The molecule has 0 aliphatic rings. The second-order valence-electron chi connectivity index (χ2n) is 3.73. The van der Waals surface area contributed by atoms with E-state index in [1.54, 1.807) is 0 Å². The second-order valence-corrected chi connectivity index (χ2v) is 4.13. The van der Waals surface area contributed by atoms with E-state index in [1.807, 2.05) is 0 Å². The van der Waals surface area contributed by atoms with E-state index in [9.17, 15) is 31.1 Å². The highest BCUT2D eigenvalue weighted by atomic mass is 35.5. The molecule has 20 heavy (non-hydrogen) atoms. The minimum Gasteiger partial charge on any atom is -0.497 e. The molecule has 0 aliphatic carbocycles. The Bertz CT molecular complexity index is 495. The monoisotopic (exact) mass is 320 g/mol. The second kappa shape index (κ2) is 5.51. The average Bonchev–Trinajstić information content (AvgIpc) is 2.24. The van der Waals surface area contributed by atoms with Gasteiger partial charge in [0.2, 0.25) is 5.92 Å². The quantitative estimate of drug-likeness (QED) is 0.614. The maximum Gasteiger partial charge on any atom is 0.407 e. The lowest BCUT2D eigenvalue weighted by molar-refractivity contribution is -0.264. The van der Waals surface area contributed by atoms with Gasteiger partial charge in [0, 0.05) is 5.56 Å². The van der Waals surface area contributed by atoms with Crippen molar-refractivity contribution in [3.63, 3.8) is 0 Å². The fourth-order valence-corrected chi connectivity index (χ4v) is 1.72. The highest BCUT2D eigenvalue weighted by Crippen LogP contribution is 2.42. The molecular weight excluding hydrogens is 314 g/mol. The SMILES string of the molecule is COc1ccc(C(=O)C(C(F)(F)F)C(F)(F)F)c(Cl)c1. The Balaban J connectivity index is 3.27. The maximum atomic E-state index is 12.4. The summed E-state index contributed by atoms with van der Waals surface area (Å²) in [5.74, 6) is -6.17. The van der Waals surface area contributed by atoms with Gasteiger partial charge in [0.05, 0.1) is 12.1 Å². The number of halogens is 7. The Morgan fingerprint density at radius 3 is 2.00 bits per heavy atom. The largest absolute Gasteiger partial charge is 0.497 e. The van der Waals surface area contributed by atoms with Crippen molar-refractivity contribution in [2.75, 3.05) is 7.11 Å². The molecule has 0 amide bonds. The summed E-state index contributed by atoms with van der Waals surface area (Å²) in [5, 5.41) is -0.548. The van der Waals surface area contributed by atoms with E-state index >= 15 is 0 Å². The third-order valence-corrected chi connectivity index (χ3v) is 2.67. The van der Waals surface area contributed by atoms with Crippen LogP contribution in [0.1, 0.15) is 10.4 Å². The number of ether oxygens (including phenoxy) is 1. The number of alkyl halides is 6. The predicted octanol–water partition coefficient (Wildman–Crippen LogP) is 4.27. The maximum absolute atomic E-state index is 12.4. The molecule has 0 fully saturated rings. The minimum atomic E-state index is -5.75. The van der Waals surface area contributed by atoms with Crippen LogP contribution in [-0.4, -0.2) is 25.2 Å². The van der Waals surface area contributed by atoms with Crippen LogP contribution in [0.3, 0.4) is 0 Å². The van der Waals surface area contributed by atoms with Gasteiger partial charge in [-0.25, -0.2) is 0 Å². The number of rotatable bonds is 3. The fourth-order valence-electron chi connectivity index (χ4n) is 1.46. The summed E-state index contributed by atoms with van der Waals surface area (Å²) in [6, 6.07) is 2.76. The third kappa shape index (κ3) is 3.56. The molecule has 2 nitrogen and oxygen atoms in total. The van der Waals surface area contributed by atoms with Crippen molar-refractivity contribution in [3.05, 3.63) is 28.8 Å². The van der Waals surface area contributed by atoms with Gasteiger partial charge in [-0.05, 0) is 18.2 Å². The van der Waals surface area contributed by atoms with Crippen LogP contribution >= 0.6 is 11.6 Å². The topological polar surface area (TPSA) is 26.3 Å². The molecule has 9 heteroatoms. The summed E-state index contributed by atoms with van der Waals surface area (Å²) in [5.41, 5.74) is -0.868. The average molecular weight is 321 g/mol. The Morgan fingerprint density at radius 2 is 1.65 bits per heavy atom. The van der Waals surface area contributed by atoms with Crippen LogP contribution in [0.2, 0.25) is 5.02 Å². The molecule has 1 aromatic carbocycles. The van der Waals surface area contributed by atoms with Gasteiger partial charge in [-0.3, -0.25) is 4.79 Å². The Hall–Kier alpha value is -1.44. The van der Waals surface area contributed by atoms with E-state index in [2.05, 4.69) is 4.74 Å². The molecule has 0 saturated carbocycles. The van der Waals surface area contributed by atoms with Crippen LogP contribution in [0.5, 0.6) is 5.75 Å². The number of methoxy groups -OCH3 is 1. The van der Waals surface area contributed by atoms with Crippen molar-refractivity contribution in [2.24, 2.45) is 5.92 Å². The van der Waals surface area contributed by atoms with E-state index in [1.165, 1.54) is 7.11 Å². The lowest BCUT2D eigenvalue weighted by Gasteiger charge is -2.22. The van der Waals surface area contributed by atoms with Gasteiger partial charge in [-0.2, -0.15) is 26.3 Å². The number of benzene rings is 1. The van der Waals surface area contributed by atoms with Gasteiger partial charge in [-0.1, -0.05) is 11.6 Å². The molecule has 0 aliphatic heterocycles. The van der Waals surface area contributed by atoms with Gasteiger partial charge >= 0.3 is 12.4 Å². The Labute approximate surface area is 114 Å². The van der Waals surface area contributed by atoms with Crippen molar-refractivity contribution in [1.82, 2.24) is 0 Å². The number of carbonyl (C=O) groups is 1. The van der Waals surface area contributed by atoms with Gasteiger partial charge in [0.1, 0.15) is 5.75 Å². The molecule has 0 bridgehead atoms. The zero-order valence-electron chi connectivity index (χ0n) is 9.77. The fraction of sp³-hybridized carbons (Fsp3) is 0.364. The first-order valence-electron chi connectivity index (χ1n) is 4.99. The third-order valence-electron chi connectivity index (χ3n) is 2.36. The van der Waals surface area contributed by atoms with E-state index in [0.717, 1.165) is 18.2 Å². The number of hydrogen-bond donors (Lipinski definition) is 0. The highest BCUT2D eigenvalue weighted by Gasteiger charge is 2.61. The lowest BCUT2D eigenvalue weighted by Crippen LogP contribution is -2.42. The van der Waals surface area contributed by atoms with Crippen molar-refractivity contribution in [3.8, 4) is 5.75 Å². The molecule has 0 saturated heterocycles. The number of carbonyl (C=O) groups excluding carboxylic acids is 1. The summed E-state index contributed by atoms with van der Waals surface area (Å²) in [4.78, 5) is 11.5. The van der Waals surface area contributed by atoms with Gasteiger partial charge in [-0.15, -0.1) is 0 Å². The first-order valence-corrected chi connectivity index (χ1v) is 5.37. The molecule has 0 aromatic heterocycles. The first kappa shape index (κ1) is 16.6. The van der Waals surface area contributed by atoms with Crippen molar-refractivity contribution in [2.45, 2.75) is 12.4 Å². The Kier molecular flexibility index (Phi) is 4.58. The first-order chi connectivity index (χ1) is 8.98. The highest BCUT2D eigenvalue weighted by molar-refractivity contribution is 6.34. The summed E-state index contributed by atoms with van der Waals surface area (Å²) < 4.78 is 79.2.